The molecule has 20 heavy (non-hydrogen) atoms. The van der Waals surface area contributed by atoms with E-state index in [1.54, 1.807) is 18.5 Å². The first kappa shape index (κ1) is 14.0. The molecule has 0 aliphatic rings. The monoisotopic (exact) mass is 274 g/mol. The van der Waals surface area contributed by atoms with Gasteiger partial charge in [-0.2, -0.15) is 0 Å². The molecule has 2 aromatic heterocycles. The van der Waals surface area contributed by atoms with Gasteiger partial charge in [0.1, 0.15) is 17.2 Å². The SMILES string of the molecule is Cc1cnc(-c2ccc(NC(=O)OC(C)(C)C)nc2)[nH]1. The van der Waals surface area contributed by atoms with Gasteiger partial charge in [0.15, 0.2) is 0 Å². The van der Waals surface area contributed by atoms with E-state index in [0.717, 1.165) is 17.1 Å². The maximum absolute atomic E-state index is 11.6. The fourth-order valence-corrected chi connectivity index (χ4v) is 1.58. The number of carbonyl (C=O) groups excluding carboxylic acids is 1. The molecular formula is C14H18N4O2. The second kappa shape index (κ2) is 5.32. The summed E-state index contributed by atoms with van der Waals surface area (Å²) in [6, 6.07) is 3.54. The van der Waals surface area contributed by atoms with Crippen LogP contribution < -0.4 is 5.32 Å². The Bertz CT molecular complexity index is 596. The van der Waals surface area contributed by atoms with Crippen molar-refractivity contribution in [2.75, 3.05) is 5.32 Å². The Balaban J connectivity index is 2.03. The molecule has 0 aromatic carbocycles. The maximum atomic E-state index is 11.6. The number of nitrogens with one attached hydrogen (secondary N) is 2. The first-order chi connectivity index (χ1) is 9.33. The molecule has 6 heteroatoms. The van der Waals surface area contributed by atoms with E-state index in [1.165, 1.54) is 0 Å². The van der Waals surface area contributed by atoms with Crippen LogP contribution in [0.5, 0.6) is 0 Å². The fourth-order valence-electron chi connectivity index (χ4n) is 1.58. The number of carbonyl (C=O) groups is 1. The third kappa shape index (κ3) is 3.81. The summed E-state index contributed by atoms with van der Waals surface area (Å²) in [4.78, 5) is 23.1. The van der Waals surface area contributed by atoms with E-state index in [1.807, 2.05) is 33.8 Å². The fraction of sp³-hybridized carbons (Fsp3) is 0.357. The smallest absolute Gasteiger partial charge is 0.413 e. The summed E-state index contributed by atoms with van der Waals surface area (Å²) in [5, 5.41) is 2.58. The largest absolute Gasteiger partial charge is 0.444 e. The summed E-state index contributed by atoms with van der Waals surface area (Å²) >= 11 is 0. The lowest BCUT2D eigenvalue weighted by Crippen LogP contribution is -2.27. The molecule has 0 fully saturated rings. The van der Waals surface area contributed by atoms with Crippen LogP contribution in [0.3, 0.4) is 0 Å². The first-order valence-electron chi connectivity index (χ1n) is 6.31. The van der Waals surface area contributed by atoms with E-state index in [2.05, 4.69) is 20.3 Å². The lowest BCUT2D eigenvalue weighted by Gasteiger charge is -2.19. The molecule has 0 aliphatic carbocycles. The van der Waals surface area contributed by atoms with Crippen molar-refractivity contribution in [3.05, 3.63) is 30.2 Å². The van der Waals surface area contributed by atoms with E-state index in [0.29, 0.717) is 5.82 Å². The lowest BCUT2D eigenvalue weighted by atomic mass is 10.2. The number of nitrogens with zero attached hydrogens (tertiary/aromatic N) is 2. The highest BCUT2D eigenvalue weighted by atomic mass is 16.6. The van der Waals surface area contributed by atoms with E-state index in [4.69, 9.17) is 4.74 Å². The molecule has 0 bridgehead atoms. The van der Waals surface area contributed by atoms with Crippen LogP contribution in [0.25, 0.3) is 11.4 Å². The number of pyridine rings is 1. The normalized spacial score (nSPS) is 11.2. The highest BCUT2D eigenvalue weighted by molar-refractivity contribution is 5.83. The van der Waals surface area contributed by atoms with Crippen molar-refractivity contribution >= 4 is 11.9 Å². The minimum absolute atomic E-state index is 0.436. The Morgan fingerprint density at radius 1 is 1.25 bits per heavy atom. The van der Waals surface area contributed by atoms with Gasteiger partial charge in [-0.1, -0.05) is 0 Å². The van der Waals surface area contributed by atoms with Crippen LogP contribution in [-0.4, -0.2) is 26.6 Å². The summed E-state index contributed by atoms with van der Waals surface area (Å²) in [5.41, 5.74) is 1.30. The zero-order valence-electron chi connectivity index (χ0n) is 12.0. The van der Waals surface area contributed by atoms with Crippen molar-refractivity contribution in [2.24, 2.45) is 0 Å². The van der Waals surface area contributed by atoms with Crippen LogP contribution in [-0.2, 0) is 4.74 Å². The van der Waals surface area contributed by atoms with Crippen LogP contribution in [0.4, 0.5) is 10.6 Å². The second-order valence-corrected chi connectivity index (χ2v) is 5.47. The zero-order valence-corrected chi connectivity index (χ0v) is 12.0. The molecule has 0 atom stereocenters. The van der Waals surface area contributed by atoms with Crippen molar-refractivity contribution in [3.63, 3.8) is 0 Å². The Morgan fingerprint density at radius 3 is 2.50 bits per heavy atom. The predicted octanol–water partition coefficient (Wildman–Crippen LogP) is 3.13. The number of aromatic nitrogens is 3. The van der Waals surface area contributed by atoms with Gasteiger partial charge < -0.3 is 9.72 Å². The van der Waals surface area contributed by atoms with Crippen LogP contribution in [0, 0.1) is 6.92 Å². The minimum atomic E-state index is -0.532. The molecule has 6 nitrogen and oxygen atoms in total. The van der Waals surface area contributed by atoms with Gasteiger partial charge in [-0.3, -0.25) is 5.32 Å². The standard InChI is InChI=1S/C14H18N4O2/c1-9-7-16-12(17-9)10-5-6-11(15-8-10)18-13(19)20-14(2,3)4/h5-8H,1-4H3,(H,16,17)(H,15,18,19). The molecular weight excluding hydrogens is 256 g/mol. The van der Waals surface area contributed by atoms with Gasteiger partial charge in [0.25, 0.3) is 0 Å². The summed E-state index contributed by atoms with van der Waals surface area (Å²) in [6.07, 6.45) is 2.87. The van der Waals surface area contributed by atoms with Gasteiger partial charge in [0, 0.05) is 23.7 Å². The number of anilines is 1. The number of rotatable bonds is 2. The van der Waals surface area contributed by atoms with Crippen LogP contribution in [0.1, 0.15) is 26.5 Å². The average molecular weight is 274 g/mol. The number of aryl methyl sites for hydroxylation is 1. The number of aromatic amines is 1. The number of amides is 1. The molecule has 0 saturated carbocycles. The molecule has 106 valence electrons. The van der Waals surface area contributed by atoms with Crippen molar-refractivity contribution in [3.8, 4) is 11.4 Å². The summed E-state index contributed by atoms with van der Waals surface area (Å²) in [7, 11) is 0. The Hall–Kier alpha value is -2.37. The second-order valence-electron chi connectivity index (χ2n) is 5.47. The van der Waals surface area contributed by atoms with Crippen LogP contribution >= 0.6 is 0 Å². The number of H-pyrrole nitrogens is 1. The summed E-state index contributed by atoms with van der Waals surface area (Å²) in [6.45, 7) is 7.36. The maximum Gasteiger partial charge on any atom is 0.413 e. The van der Waals surface area contributed by atoms with Gasteiger partial charge in [0.05, 0.1) is 0 Å². The van der Waals surface area contributed by atoms with E-state index >= 15 is 0 Å². The van der Waals surface area contributed by atoms with Gasteiger partial charge >= 0.3 is 6.09 Å². The highest BCUT2D eigenvalue weighted by Gasteiger charge is 2.16. The Kier molecular flexibility index (Phi) is 3.74. The van der Waals surface area contributed by atoms with E-state index in [-0.39, 0.29) is 0 Å². The number of imidazole rings is 1. The lowest BCUT2D eigenvalue weighted by molar-refractivity contribution is 0.0635. The van der Waals surface area contributed by atoms with Gasteiger partial charge in [-0.25, -0.2) is 14.8 Å². The van der Waals surface area contributed by atoms with Crippen molar-refractivity contribution < 1.29 is 9.53 Å². The minimum Gasteiger partial charge on any atom is -0.444 e. The van der Waals surface area contributed by atoms with Crippen LogP contribution in [0.15, 0.2) is 24.5 Å². The van der Waals surface area contributed by atoms with Crippen molar-refractivity contribution in [2.45, 2.75) is 33.3 Å². The first-order valence-corrected chi connectivity index (χ1v) is 6.31. The molecule has 0 aliphatic heterocycles. The topological polar surface area (TPSA) is 79.9 Å². The Labute approximate surface area is 117 Å². The molecule has 0 radical (unpaired) electrons. The molecule has 0 spiro atoms. The van der Waals surface area contributed by atoms with E-state index in [9.17, 15) is 4.79 Å². The molecule has 0 saturated heterocycles. The zero-order chi connectivity index (χ0) is 14.8. The summed E-state index contributed by atoms with van der Waals surface area (Å²) in [5.74, 6) is 1.19. The molecule has 2 N–H and O–H groups in total. The van der Waals surface area contributed by atoms with Gasteiger partial charge in [-0.05, 0) is 39.8 Å². The average Bonchev–Trinajstić information content (AvgIpc) is 2.74. The van der Waals surface area contributed by atoms with Crippen molar-refractivity contribution in [1.29, 1.82) is 0 Å². The molecule has 2 rings (SSSR count). The predicted molar refractivity (Wildman–Crippen MR) is 76.4 cm³/mol. The molecule has 0 unspecified atom stereocenters. The summed E-state index contributed by atoms with van der Waals surface area (Å²) < 4.78 is 5.15. The van der Waals surface area contributed by atoms with Crippen molar-refractivity contribution in [1.82, 2.24) is 15.0 Å². The number of hydrogen-bond acceptors (Lipinski definition) is 4. The van der Waals surface area contributed by atoms with Crippen LogP contribution in [0.2, 0.25) is 0 Å². The molecule has 2 heterocycles. The highest BCUT2D eigenvalue weighted by Crippen LogP contribution is 2.16. The number of ether oxygens (including phenoxy) is 1. The Morgan fingerprint density at radius 2 is 2.00 bits per heavy atom. The third-order valence-corrected chi connectivity index (χ3v) is 2.37. The van der Waals surface area contributed by atoms with Gasteiger partial charge in [-0.15, -0.1) is 0 Å². The third-order valence-electron chi connectivity index (χ3n) is 2.37. The number of hydrogen-bond donors (Lipinski definition) is 2. The molecule has 1 amide bonds. The quantitative estimate of drug-likeness (QED) is 0.881. The van der Waals surface area contributed by atoms with E-state index < -0.39 is 11.7 Å². The van der Waals surface area contributed by atoms with Gasteiger partial charge in [0.2, 0.25) is 0 Å². The molecule has 2 aromatic rings.